The first-order valence-corrected chi connectivity index (χ1v) is 8.64. The highest BCUT2D eigenvalue weighted by atomic mass is 16.6. The fraction of sp³-hybridized carbons (Fsp3) is 0.647. The molecule has 2 aliphatic heterocycles. The van der Waals surface area contributed by atoms with Crippen LogP contribution < -0.4 is 11.5 Å². The molecule has 1 saturated heterocycles. The van der Waals surface area contributed by atoms with Gasteiger partial charge in [0.25, 0.3) is 0 Å². The number of nitrogens with zero attached hydrogens (tertiary/aromatic N) is 1. The maximum Gasteiger partial charge on any atom is 0.323 e. The first-order valence-electron chi connectivity index (χ1n) is 8.64. The van der Waals surface area contributed by atoms with E-state index in [1.54, 1.807) is 12.3 Å². The summed E-state index contributed by atoms with van der Waals surface area (Å²) in [5.74, 6) is -1.19. The van der Waals surface area contributed by atoms with Gasteiger partial charge in [-0.15, -0.1) is 0 Å². The quantitative estimate of drug-likeness (QED) is 0.415. The van der Waals surface area contributed by atoms with E-state index in [1.807, 2.05) is 13.8 Å². The number of aliphatic hydroxyl groups excluding tert-OH is 2. The van der Waals surface area contributed by atoms with Gasteiger partial charge in [-0.05, 0) is 12.3 Å². The van der Waals surface area contributed by atoms with E-state index in [0.717, 1.165) is 6.42 Å². The molecule has 6 N–H and O–H groups in total. The topological polar surface area (TPSA) is 148 Å². The summed E-state index contributed by atoms with van der Waals surface area (Å²) in [6.45, 7) is 3.53. The molecule has 26 heavy (non-hydrogen) atoms. The van der Waals surface area contributed by atoms with Crippen LogP contribution in [0.2, 0.25) is 0 Å². The lowest BCUT2D eigenvalue weighted by Gasteiger charge is -2.28. The summed E-state index contributed by atoms with van der Waals surface area (Å²) in [5, 5.41) is 20.4. The van der Waals surface area contributed by atoms with Gasteiger partial charge in [-0.2, -0.15) is 0 Å². The summed E-state index contributed by atoms with van der Waals surface area (Å²) in [7, 11) is 0. The number of allylic oxidation sites excluding steroid dienone is 1. The number of nitrogens with two attached hydrogens (primary N) is 2. The van der Waals surface area contributed by atoms with Crippen LogP contribution in [0.5, 0.6) is 0 Å². The highest BCUT2D eigenvalue weighted by molar-refractivity contribution is 5.92. The zero-order valence-corrected chi connectivity index (χ0v) is 14.9. The van der Waals surface area contributed by atoms with Crippen LogP contribution in [0.3, 0.4) is 0 Å². The van der Waals surface area contributed by atoms with Gasteiger partial charge >= 0.3 is 5.97 Å². The molecule has 9 heteroatoms. The van der Waals surface area contributed by atoms with Gasteiger partial charge in [0, 0.05) is 18.0 Å². The standard InChI is InChI=1S/C17H27N3O6/c1-3-9(2)12(18)17(24)25-8-11-13(21)14(22)16(26-11)20-6-4-5-10(7-20)15(19)23/h4,6-7,9,11-14,16,21-22H,3,5,8,18H2,1-2H3,(H2,19,23)/t9-,11+,12-,13+,14+,16+/m0/s1. The maximum atomic E-state index is 12.0. The first-order chi connectivity index (χ1) is 12.3. The van der Waals surface area contributed by atoms with Crippen molar-refractivity contribution in [2.45, 2.75) is 57.3 Å². The third-order valence-electron chi connectivity index (χ3n) is 4.79. The number of hydrogen-bond donors (Lipinski definition) is 4. The molecule has 2 rings (SSSR count). The van der Waals surface area contributed by atoms with Crippen molar-refractivity contribution < 1.29 is 29.3 Å². The van der Waals surface area contributed by atoms with Crippen molar-refractivity contribution in [1.29, 1.82) is 0 Å². The molecular formula is C17H27N3O6. The fourth-order valence-corrected chi connectivity index (χ4v) is 2.76. The molecule has 0 aromatic rings. The van der Waals surface area contributed by atoms with Gasteiger partial charge in [-0.25, -0.2) is 0 Å². The highest BCUT2D eigenvalue weighted by Crippen LogP contribution is 2.27. The van der Waals surface area contributed by atoms with Crippen LogP contribution in [0.25, 0.3) is 0 Å². The maximum absolute atomic E-state index is 12.0. The minimum Gasteiger partial charge on any atom is -0.462 e. The molecule has 6 atom stereocenters. The van der Waals surface area contributed by atoms with E-state index in [4.69, 9.17) is 20.9 Å². The van der Waals surface area contributed by atoms with Gasteiger partial charge in [0.1, 0.15) is 31.0 Å². The number of esters is 1. The molecule has 9 nitrogen and oxygen atoms in total. The average molecular weight is 369 g/mol. The molecule has 0 spiro atoms. The predicted molar refractivity (Wildman–Crippen MR) is 91.9 cm³/mol. The second-order valence-electron chi connectivity index (χ2n) is 6.64. The Morgan fingerprint density at radius 2 is 2.12 bits per heavy atom. The Balaban J connectivity index is 1.97. The van der Waals surface area contributed by atoms with E-state index in [9.17, 15) is 19.8 Å². The number of hydrogen-bond acceptors (Lipinski definition) is 8. The van der Waals surface area contributed by atoms with E-state index >= 15 is 0 Å². The molecule has 0 radical (unpaired) electrons. The van der Waals surface area contributed by atoms with Crippen molar-refractivity contribution in [1.82, 2.24) is 4.90 Å². The second kappa shape index (κ2) is 8.63. The van der Waals surface area contributed by atoms with E-state index in [0.29, 0.717) is 12.0 Å². The van der Waals surface area contributed by atoms with Crippen LogP contribution in [0, 0.1) is 5.92 Å². The lowest BCUT2D eigenvalue weighted by Crippen LogP contribution is -2.41. The highest BCUT2D eigenvalue weighted by Gasteiger charge is 2.45. The van der Waals surface area contributed by atoms with Crippen molar-refractivity contribution in [3.63, 3.8) is 0 Å². The number of aliphatic hydroxyl groups is 2. The van der Waals surface area contributed by atoms with Crippen LogP contribution in [0.4, 0.5) is 0 Å². The van der Waals surface area contributed by atoms with Gasteiger partial charge < -0.3 is 36.1 Å². The molecule has 146 valence electrons. The third-order valence-corrected chi connectivity index (χ3v) is 4.79. The van der Waals surface area contributed by atoms with Crippen molar-refractivity contribution in [2.24, 2.45) is 17.4 Å². The van der Waals surface area contributed by atoms with Gasteiger partial charge in [-0.1, -0.05) is 26.3 Å². The van der Waals surface area contributed by atoms with Gasteiger partial charge in [0.05, 0.1) is 0 Å². The monoisotopic (exact) mass is 369 g/mol. The Morgan fingerprint density at radius 1 is 1.42 bits per heavy atom. The van der Waals surface area contributed by atoms with Crippen LogP contribution in [0.15, 0.2) is 24.0 Å². The third kappa shape index (κ3) is 4.42. The van der Waals surface area contributed by atoms with E-state index in [2.05, 4.69) is 0 Å². The Hall–Kier alpha value is -1.94. The molecule has 0 saturated carbocycles. The summed E-state index contributed by atoms with van der Waals surface area (Å²) in [6, 6.07) is -0.759. The average Bonchev–Trinajstić information content (AvgIpc) is 2.93. The molecule has 2 aliphatic rings. The number of rotatable bonds is 7. The number of primary amides is 1. The SMILES string of the molecule is CC[C@H](C)[C@H](N)C(=O)OC[C@H]1O[C@@H](N2C=CCC(C(N)=O)=C2)[C@H](O)[C@@H]1O. The van der Waals surface area contributed by atoms with Crippen LogP contribution >= 0.6 is 0 Å². The normalized spacial score (nSPS) is 30.7. The van der Waals surface area contributed by atoms with Crippen LogP contribution in [-0.2, 0) is 19.1 Å². The van der Waals surface area contributed by atoms with Crippen molar-refractivity contribution >= 4 is 11.9 Å². The molecule has 0 unspecified atom stereocenters. The van der Waals surface area contributed by atoms with Crippen molar-refractivity contribution in [3.05, 3.63) is 24.0 Å². The summed E-state index contributed by atoms with van der Waals surface area (Å²) < 4.78 is 10.8. The largest absolute Gasteiger partial charge is 0.462 e. The lowest BCUT2D eigenvalue weighted by molar-refractivity contribution is -0.153. The Morgan fingerprint density at radius 3 is 2.73 bits per heavy atom. The minimum atomic E-state index is -1.26. The Labute approximate surface area is 152 Å². The van der Waals surface area contributed by atoms with Gasteiger partial charge in [-0.3, -0.25) is 9.59 Å². The first kappa shape index (κ1) is 20.4. The summed E-state index contributed by atoms with van der Waals surface area (Å²) >= 11 is 0. The molecule has 1 amide bonds. The van der Waals surface area contributed by atoms with Crippen LogP contribution in [0.1, 0.15) is 26.7 Å². The van der Waals surface area contributed by atoms with E-state index in [-0.39, 0.29) is 12.5 Å². The smallest absolute Gasteiger partial charge is 0.323 e. The Bertz CT molecular complexity index is 593. The Kier molecular flexibility index (Phi) is 6.76. The van der Waals surface area contributed by atoms with E-state index in [1.165, 1.54) is 11.1 Å². The minimum absolute atomic E-state index is 0.0360. The molecule has 0 aliphatic carbocycles. The number of amides is 1. The molecular weight excluding hydrogens is 342 g/mol. The molecule has 1 fully saturated rings. The van der Waals surface area contributed by atoms with Gasteiger partial charge in [0.2, 0.25) is 5.91 Å². The van der Waals surface area contributed by atoms with Crippen LogP contribution in [-0.4, -0.2) is 64.2 Å². The second-order valence-corrected chi connectivity index (χ2v) is 6.64. The molecule has 0 aromatic carbocycles. The van der Waals surface area contributed by atoms with Gasteiger partial charge in [0.15, 0.2) is 6.23 Å². The van der Waals surface area contributed by atoms with Crippen molar-refractivity contribution in [3.8, 4) is 0 Å². The molecule has 0 bridgehead atoms. The summed E-state index contributed by atoms with van der Waals surface area (Å²) in [6.07, 6.45) is 1.55. The van der Waals surface area contributed by atoms with E-state index < -0.39 is 42.5 Å². The summed E-state index contributed by atoms with van der Waals surface area (Å²) in [4.78, 5) is 24.7. The molecule has 0 aromatic heterocycles. The zero-order valence-electron chi connectivity index (χ0n) is 14.9. The van der Waals surface area contributed by atoms with Crippen molar-refractivity contribution in [2.75, 3.05) is 6.61 Å². The summed E-state index contributed by atoms with van der Waals surface area (Å²) in [5.41, 5.74) is 11.4. The molecule has 2 heterocycles. The predicted octanol–water partition coefficient (Wildman–Crippen LogP) is -1.06. The lowest BCUT2D eigenvalue weighted by atomic mass is 10.0. The number of ether oxygens (including phenoxy) is 2. The zero-order chi connectivity index (χ0) is 19.4. The number of carbonyl (C=O) groups excluding carboxylic acids is 2. The number of carbonyl (C=O) groups is 2. The fourth-order valence-electron chi connectivity index (χ4n) is 2.76.